The molecule has 0 aliphatic carbocycles. The molecule has 1 N–H and O–H groups in total. The number of nitrogens with zero attached hydrogens (tertiary/aromatic N) is 1. The van der Waals surface area contributed by atoms with Gasteiger partial charge in [0.15, 0.2) is 0 Å². The maximum atomic E-state index is 12.6. The Bertz CT molecular complexity index is 655. The molecular weight excluding hydrogens is 324 g/mol. The van der Waals surface area contributed by atoms with Gasteiger partial charge in [0.1, 0.15) is 0 Å². The van der Waals surface area contributed by atoms with Crippen LogP contribution in [0.2, 0.25) is 0 Å². The Kier molecular flexibility index (Phi) is 6.40. The van der Waals surface area contributed by atoms with E-state index in [1.54, 1.807) is 6.92 Å². The lowest BCUT2D eigenvalue weighted by molar-refractivity contribution is -0.126. The number of hydrogen-bond acceptors (Lipinski definition) is 3. The van der Waals surface area contributed by atoms with Gasteiger partial charge in [0.2, 0.25) is 15.9 Å². The predicted octanol–water partition coefficient (Wildman–Crippen LogP) is 2.62. The highest BCUT2D eigenvalue weighted by Gasteiger charge is 2.32. The number of carbonyl (C=O) groups is 1. The van der Waals surface area contributed by atoms with Gasteiger partial charge in [-0.3, -0.25) is 4.79 Å². The monoisotopic (exact) mass is 352 g/mol. The van der Waals surface area contributed by atoms with E-state index in [4.69, 9.17) is 0 Å². The number of rotatable bonds is 6. The number of aryl methyl sites for hydroxylation is 1. The molecule has 1 aromatic rings. The molecular formula is C18H28N2O3S. The number of piperidine rings is 1. The molecule has 1 fully saturated rings. The fourth-order valence-electron chi connectivity index (χ4n) is 3.10. The molecule has 2 rings (SSSR count). The first-order valence-corrected chi connectivity index (χ1v) is 10.3. The summed E-state index contributed by atoms with van der Waals surface area (Å²) in [7, 11) is -3.23. The summed E-state index contributed by atoms with van der Waals surface area (Å²) in [4.78, 5) is 12.6. The minimum absolute atomic E-state index is 0.0312. The Labute approximate surface area is 145 Å². The van der Waals surface area contributed by atoms with E-state index in [1.807, 2.05) is 38.1 Å². The lowest BCUT2D eigenvalue weighted by atomic mass is 9.97. The second-order valence-corrected chi connectivity index (χ2v) is 8.74. The lowest BCUT2D eigenvalue weighted by Gasteiger charge is -2.32. The van der Waals surface area contributed by atoms with Gasteiger partial charge in [0.25, 0.3) is 0 Å². The normalized spacial score (nSPS) is 20.5. The Morgan fingerprint density at radius 1 is 1.29 bits per heavy atom. The van der Waals surface area contributed by atoms with Crippen LogP contribution in [0.25, 0.3) is 0 Å². The zero-order valence-corrected chi connectivity index (χ0v) is 15.6. The SMILES string of the molecule is CC[C@@H](NC(=O)[C@H]1CCCN(S(=O)(=O)CC)C1)c1ccc(C)cc1. The highest BCUT2D eigenvalue weighted by atomic mass is 32.2. The van der Waals surface area contributed by atoms with E-state index in [2.05, 4.69) is 5.32 Å². The van der Waals surface area contributed by atoms with Gasteiger partial charge in [-0.15, -0.1) is 0 Å². The number of sulfonamides is 1. The van der Waals surface area contributed by atoms with Crippen molar-refractivity contribution in [2.45, 2.75) is 46.1 Å². The largest absolute Gasteiger partial charge is 0.349 e. The van der Waals surface area contributed by atoms with E-state index in [0.717, 1.165) is 24.8 Å². The predicted molar refractivity (Wildman–Crippen MR) is 96.1 cm³/mol. The van der Waals surface area contributed by atoms with E-state index in [9.17, 15) is 13.2 Å². The molecule has 24 heavy (non-hydrogen) atoms. The Morgan fingerprint density at radius 2 is 1.96 bits per heavy atom. The number of nitrogens with one attached hydrogen (secondary N) is 1. The van der Waals surface area contributed by atoms with Crippen LogP contribution in [0.3, 0.4) is 0 Å². The smallest absolute Gasteiger partial charge is 0.224 e. The van der Waals surface area contributed by atoms with Gasteiger partial charge in [-0.25, -0.2) is 12.7 Å². The second-order valence-electron chi connectivity index (χ2n) is 6.48. The van der Waals surface area contributed by atoms with Crippen molar-refractivity contribution in [2.75, 3.05) is 18.8 Å². The van der Waals surface area contributed by atoms with Crippen molar-refractivity contribution >= 4 is 15.9 Å². The third-order valence-corrected chi connectivity index (χ3v) is 6.57. The molecule has 0 aromatic heterocycles. The first-order valence-electron chi connectivity index (χ1n) is 8.72. The Hall–Kier alpha value is -1.40. The molecule has 5 nitrogen and oxygen atoms in total. The van der Waals surface area contributed by atoms with Gasteiger partial charge < -0.3 is 5.32 Å². The van der Waals surface area contributed by atoms with Crippen LogP contribution in [-0.4, -0.2) is 37.5 Å². The Morgan fingerprint density at radius 3 is 2.54 bits per heavy atom. The van der Waals surface area contributed by atoms with Crippen molar-refractivity contribution in [3.05, 3.63) is 35.4 Å². The summed E-state index contributed by atoms with van der Waals surface area (Å²) in [6, 6.07) is 8.13. The summed E-state index contributed by atoms with van der Waals surface area (Å²) in [5.74, 6) is -0.222. The third kappa shape index (κ3) is 4.57. The molecule has 1 amide bonds. The van der Waals surface area contributed by atoms with E-state index < -0.39 is 10.0 Å². The molecule has 1 aliphatic heterocycles. The van der Waals surface area contributed by atoms with Crippen LogP contribution in [0.5, 0.6) is 0 Å². The minimum atomic E-state index is -3.23. The molecule has 134 valence electrons. The average molecular weight is 353 g/mol. The molecule has 2 atom stereocenters. The van der Waals surface area contributed by atoms with Gasteiger partial charge in [-0.2, -0.15) is 0 Å². The number of hydrogen-bond donors (Lipinski definition) is 1. The van der Waals surface area contributed by atoms with Gasteiger partial charge in [0, 0.05) is 13.1 Å². The average Bonchev–Trinajstić information content (AvgIpc) is 2.60. The molecule has 1 heterocycles. The van der Waals surface area contributed by atoms with Gasteiger partial charge >= 0.3 is 0 Å². The highest BCUT2D eigenvalue weighted by molar-refractivity contribution is 7.89. The third-order valence-electron chi connectivity index (χ3n) is 4.72. The van der Waals surface area contributed by atoms with Crippen LogP contribution >= 0.6 is 0 Å². The lowest BCUT2D eigenvalue weighted by Crippen LogP contribution is -2.46. The standard InChI is InChI=1S/C18H28N2O3S/c1-4-17(15-10-8-14(3)9-11-15)19-18(21)16-7-6-12-20(13-16)24(22,23)5-2/h8-11,16-17H,4-7,12-13H2,1-3H3,(H,19,21)/t16-,17+/m0/s1. The van der Waals surface area contributed by atoms with Crippen molar-refractivity contribution in [2.24, 2.45) is 5.92 Å². The molecule has 0 saturated carbocycles. The van der Waals surface area contributed by atoms with Crippen LogP contribution in [0.4, 0.5) is 0 Å². The molecule has 0 spiro atoms. The number of carbonyl (C=O) groups excluding carboxylic acids is 1. The van der Waals surface area contributed by atoms with Crippen molar-refractivity contribution in [1.82, 2.24) is 9.62 Å². The molecule has 0 bridgehead atoms. The zero-order valence-electron chi connectivity index (χ0n) is 14.8. The van der Waals surface area contributed by atoms with Gasteiger partial charge in [0.05, 0.1) is 17.7 Å². The first kappa shape index (κ1) is 18.9. The van der Waals surface area contributed by atoms with Crippen LogP contribution in [0.1, 0.15) is 50.3 Å². The summed E-state index contributed by atoms with van der Waals surface area (Å²) in [6.45, 7) is 6.54. The van der Waals surface area contributed by atoms with Crippen molar-refractivity contribution in [3.8, 4) is 0 Å². The van der Waals surface area contributed by atoms with E-state index in [1.165, 1.54) is 9.87 Å². The van der Waals surface area contributed by atoms with Crippen molar-refractivity contribution in [3.63, 3.8) is 0 Å². The summed E-state index contributed by atoms with van der Waals surface area (Å²) in [5, 5.41) is 3.10. The molecule has 1 saturated heterocycles. The van der Waals surface area contributed by atoms with Crippen LogP contribution in [-0.2, 0) is 14.8 Å². The van der Waals surface area contributed by atoms with E-state index >= 15 is 0 Å². The Balaban J connectivity index is 2.03. The van der Waals surface area contributed by atoms with Gasteiger partial charge in [-0.05, 0) is 38.7 Å². The topological polar surface area (TPSA) is 66.5 Å². The van der Waals surface area contributed by atoms with Crippen LogP contribution in [0, 0.1) is 12.8 Å². The van der Waals surface area contributed by atoms with Crippen LogP contribution in [0.15, 0.2) is 24.3 Å². The maximum Gasteiger partial charge on any atom is 0.224 e. The molecule has 6 heteroatoms. The first-order chi connectivity index (χ1) is 11.4. The maximum absolute atomic E-state index is 12.6. The zero-order chi connectivity index (χ0) is 17.7. The van der Waals surface area contributed by atoms with E-state index in [-0.39, 0.29) is 23.6 Å². The second kappa shape index (κ2) is 8.12. The summed E-state index contributed by atoms with van der Waals surface area (Å²) >= 11 is 0. The quantitative estimate of drug-likeness (QED) is 0.856. The number of benzene rings is 1. The van der Waals surface area contributed by atoms with E-state index in [0.29, 0.717) is 13.1 Å². The summed E-state index contributed by atoms with van der Waals surface area (Å²) in [6.07, 6.45) is 2.28. The summed E-state index contributed by atoms with van der Waals surface area (Å²) in [5.41, 5.74) is 2.28. The molecule has 0 radical (unpaired) electrons. The van der Waals surface area contributed by atoms with Crippen molar-refractivity contribution < 1.29 is 13.2 Å². The minimum Gasteiger partial charge on any atom is -0.349 e. The van der Waals surface area contributed by atoms with Crippen molar-refractivity contribution in [1.29, 1.82) is 0 Å². The molecule has 1 aromatic carbocycles. The molecule has 1 aliphatic rings. The number of amides is 1. The highest BCUT2D eigenvalue weighted by Crippen LogP contribution is 2.22. The fourth-order valence-corrected chi connectivity index (χ4v) is 4.28. The summed E-state index contributed by atoms with van der Waals surface area (Å²) < 4.78 is 25.6. The molecule has 0 unspecified atom stereocenters. The fraction of sp³-hybridized carbons (Fsp3) is 0.611. The van der Waals surface area contributed by atoms with Gasteiger partial charge in [-0.1, -0.05) is 36.8 Å². The van der Waals surface area contributed by atoms with Crippen LogP contribution < -0.4 is 5.32 Å².